The Morgan fingerprint density at radius 1 is 1.09 bits per heavy atom. The van der Waals surface area contributed by atoms with E-state index in [4.69, 9.17) is 0 Å². The van der Waals surface area contributed by atoms with Crippen molar-refractivity contribution >= 4 is 27.5 Å². The van der Waals surface area contributed by atoms with Gasteiger partial charge in [0, 0.05) is 10.2 Å². The van der Waals surface area contributed by atoms with Crippen LogP contribution in [0.15, 0.2) is 46.9 Å². The monoisotopic (exact) mass is 360 g/mol. The molecule has 22 heavy (non-hydrogen) atoms. The molecule has 0 spiro atoms. The van der Waals surface area contributed by atoms with E-state index in [1.807, 2.05) is 37.3 Å². The summed E-state index contributed by atoms with van der Waals surface area (Å²) in [7, 11) is 0. The number of nitrogens with one attached hydrogen (secondary N) is 2. The molecule has 2 rings (SSSR count). The molecule has 4 heteroatoms. The first-order valence-corrected chi connectivity index (χ1v) is 8.11. The molecule has 3 nitrogen and oxygen atoms in total. The molecule has 0 aromatic heterocycles. The summed E-state index contributed by atoms with van der Waals surface area (Å²) in [5, 5.41) is 6.15. The zero-order valence-corrected chi connectivity index (χ0v) is 14.7. The molecular formula is C18H21BrN2O. The van der Waals surface area contributed by atoms with Crippen LogP contribution in [-0.2, 0) is 4.79 Å². The van der Waals surface area contributed by atoms with Gasteiger partial charge in [0.2, 0.25) is 5.91 Å². The number of amides is 1. The van der Waals surface area contributed by atoms with Gasteiger partial charge in [-0.25, -0.2) is 0 Å². The summed E-state index contributed by atoms with van der Waals surface area (Å²) < 4.78 is 1.03. The highest BCUT2D eigenvalue weighted by Crippen LogP contribution is 2.17. The van der Waals surface area contributed by atoms with Gasteiger partial charge in [-0.15, -0.1) is 0 Å². The number of benzene rings is 2. The molecule has 2 aromatic carbocycles. The standard InChI is InChI=1S/C18H21BrN2O/c1-12-4-9-17(10-13(12)2)20-11-18(22)21-14(3)15-5-7-16(19)8-6-15/h4-10,14,20H,11H2,1-3H3,(H,21,22). The predicted octanol–water partition coefficient (Wildman–Crippen LogP) is 4.36. The summed E-state index contributed by atoms with van der Waals surface area (Å²) in [6.45, 7) is 6.39. The summed E-state index contributed by atoms with van der Waals surface area (Å²) in [5.74, 6) is -0.0198. The Morgan fingerprint density at radius 2 is 1.77 bits per heavy atom. The lowest BCUT2D eigenvalue weighted by Crippen LogP contribution is -2.32. The van der Waals surface area contributed by atoms with Crippen molar-refractivity contribution in [2.24, 2.45) is 0 Å². The summed E-state index contributed by atoms with van der Waals surface area (Å²) in [6, 6.07) is 14.1. The maximum atomic E-state index is 12.0. The van der Waals surface area contributed by atoms with Gasteiger partial charge in [0.1, 0.15) is 0 Å². The van der Waals surface area contributed by atoms with Crippen molar-refractivity contribution in [3.05, 3.63) is 63.6 Å². The van der Waals surface area contributed by atoms with E-state index in [9.17, 15) is 4.79 Å². The molecule has 0 aliphatic rings. The SMILES string of the molecule is Cc1ccc(NCC(=O)NC(C)c2ccc(Br)cc2)cc1C. The summed E-state index contributed by atoms with van der Waals surface area (Å²) in [6.07, 6.45) is 0. The van der Waals surface area contributed by atoms with E-state index >= 15 is 0 Å². The molecule has 0 heterocycles. The van der Waals surface area contributed by atoms with Crippen molar-refractivity contribution in [3.63, 3.8) is 0 Å². The fourth-order valence-corrected chi connectivity index (χ4v) is 2.43. The van der Waals surface area contributed by atoms with Crippen molar-refractivity contribution in [2.45, 2.75) is 26.8 Å². The van der Waals surface area contributed by atoms with Gasteiger partial charge in [-0.3, -0.25) is 4.79 Å². The third-order valence-corrected chi connectivity index (χ3v) is 4.24. The average molecular weight is 361 g/mol. The number of aryl methyl sites for hydroxylation is 2. The van der Waals surface area contributed by atoms with Gasteiger partial charge < -0.3 is 10.6 Å². The molecule has 1 atom stereocenters. The highest BCUT2D eigenvalue weighted by Gasteiger charge is 2.09. The second-order valence-electron chi connectivity index (χ2n) is 5.49. The van der Waals surface area contributed by atoms with E-state index in [1.165, 1.54) is 11.1 Å². The Bertz CT molecular complexity index is 653. The quantitative estimate of drug-likeness (QED) is 0.831. The zero-order valence-electron chi connectivity index (χ0n) is 13.1. The van der Waals surface area contributed by atoms with Crippen LogP contribution in [0.1, 0.15) is 29.7 Å². The predicted molar refractivity (Wildman–Crippen MR) is 95.1 cm³/mol. The molecule has 0 aliphatic heterocycles. The Balaban J connectivity index is 1.87. The summed E-state index contributed by atoms with van der Waals surface area (Å²) in [4.78, 5) is 12.0. The van der Waals surface area contributed by atoms with Gasteiger partial charge >= 0.3 is 0 Å². The van der Waals surface area contributed by atoms with Crippen LogP contribution in [0.3, 0.4) is 0 Å². The topological polar surface area (TPSA) is 41.1 Å². The van der Waals surface area contributed by atoms with Crippen LogP contribution in [-0.4, -0.2) is 12.5 Å². The van der Waals surface area contributed by atoms with E-state index < -0.39 is 0 Å². The van der Waals surface area contributed by atoms with Crippen molar-refractivity contribution in [2.75, 3.05) is 11.9 Å². The van der Waals surface area contributed by atoms with E-state index in [0.29, 0.717) is 0 Å². The Labute approximate surface area is 140 Å². The number of halogens is 1. The van der Waals surface area contributed by atoms with Crippen molar-refractivity contribution < 1.29 is 4.79 Å². The van der Waals surface area contributed by atoms with Crippen LogP contribution >= 0.6 is 15.9 Å². The number of hydrogen-bond donors (Lipinski definition) is 2. The van der Waals surface area contributed by atoms with E-state index in [0.717, 1.165) is 15.7 Å². The molecule has 0 aliphatic carbocycles. The third-order valence-electron chi connectivity index (χ3n) is 3.71. The molecule has 2 N–H and O–H groups in total. The lowest BCUT2D eigenvalue weighted by molar-refractivity contribution is -0.120. The summed E-state index contributed by atoms with van der Waals surface area (Å²) in [5.41, 5.74) is 4.52. The van der Waals surface area contributed by atoms with Crippen molar-refractivity contribution in [1.29, 1.82) is 0 Å². The maximum Gasteiger partial charge on any atom is 0.239 e. The van der Waals surface area contributed by atoms with Gasteiger partial charge in [0.15, 0.2) is 0 Å². The van der Waals surface area contributed by atoms with Gasteiger partial charge in [-0.2, -0.15) is 0 Å². The van der Waals surface area contributed by atoms with E-state index in [-0.39, 0.29) is 18.5 Å². The van der Waals surface area contributed by atoms with Crippen LogP contribution < -0.4 is 10.6 Å². The Morgan fingerprint density at radius 3 is 2.41 bits per heavy atom. The molecule has 0 radical (unpaired) electrons. The second kappa shape index (κ2) is 7.45. The maximum absolute atomic E-state index is 12.0. The smallest absolute Gasteiger partial charge is 0.239 e. The lowest BCUT2D eigenvalue weighted by atomic mass is 10.1. The molecule has 1 amide bonds. The van der Waals surface area contributed by atoms with E-state index in [2.05, 4.69) is 52.5 Å². The van der Waals surface area contributed by atoms with Crippen LogP contribution in [0.25, 0.3) is 0 Å². The van der Waals surface area contributed by atoms with Crippen LogP contribution in [0, 0.1) is 13.8 Å². The molecule has 0 fully saturated rings. The molecule has 0 bridgehead atoms. The number of rotatable bonds is 5. The largest absolute Gasteiger partial charge is 0.376 e. The van der Waals surface area contributed by atoms with Gasteiger partial charge in [-0.05, 0) is 61.7 Å². The normalized spacial score (nSPS) is 11.8. The molecular weight excluding hydrogens is 340 g/mol. The van der Waals surface area contributed by atoms with Crippen LogP contribution in [0.2, 0.25) is 0 Å². The highest BCUT2D eigenvalue weighted by atomic mass is 79.9. The molecule has 116 valence electrons. The van der Waals surface area contributed by atoms with Gasteiger partial charge in [-0.1, -0.05) is 34.1 Å². The minimum Gasteiger partial charge on any atom is -0.376 e. The first-order chi connectivity index (χ1) is 10.5. The van der Waals surface area contributed by atoms with Crippen LogP contribution in [0.4, 0.5) is 5.69 Å². The van der Waals surface area contributed by atoms with Gasteiger partial charge in [0.25, 0.3) is 0 Å². The number of hydrogen-bond acceptors (Lipinski definition) is 2. The first-order valence-electron chi connectivity index (χ1n) is 7.31. The van der Waals surface area contributed by atoms with E-state index in [1.54, 1.807) is 0 Å². The molecule has 1 unspecified atom stereocenters. The minimum absolute atomic E-state index is 0.0119. The first kappa shape index (κ1) is 16.6. The average Bonchev–Trinajstić information content (AvgIpc) is 2.49. The lowest BCUT2D eigenvalue weighted by Gasteiger charge is -2.15. The van der Waals surface area contributed by atoms with Crippen LogP contribution in [0.5, 0.6) is 0 Å². The Hall–Kier alpha value is -1.81. The number of anilines is 1. The zero-order chi connectivity index (χ0) is 16.1. The second-order valence-corrected chi connectivity index (χ2v) is 6.41. The van der Waals surface area contributed by atoms with Crippen molar-refractivity contribution in [1.82, 2.24) is 5.32 Å². The fraction of sp³-hybridized carbons (Fsp3) is 0.278. The molecule has 2 aromatic rings. The molecule has 0 saturated carbocycles. The number of carbonyl (C=O) groups is 1. The summed E-state index contributed by atoms with van der Waals surface area (Å²) >= 11 is 3.41. The molecule has 0 saturated heterocycles. The number of carbonyl (C=O) groups excluding carboxylic acids is 1. The minimum atomic E-state index is -0.0198. The Kier molecular flexibility index (Phi) is 5.61. The fourth-order valence-electron chi connectivity index (χ4n) is 2.16. The van der Waals surface area contributed by atoms with Crippen molar-refractivity contribution in [3.8, 4) is 0 Å². The third kappa shape index (κ3) is 4.60. The highest BCUT2D eigenvalue weighted by molar-refractivity contribution is 9.10. The van der Waals surface area contributed by atoms with Gasteiger partial charge in [0.05, 0.1) is 12.6 Å².